The van der Waals surface area contributed by atoms with Crippen molar-refractivity contribution in [1.29, 1.82) is 0 Å². The highest BCUT2D eigenvalue weighted by Crippen LogP contribution is 2.52. The highest BCUT2D eigenvalue weighted by molar-refractivity contribution is 5.82. The molecule has 5 rings (SSSR count). The predicted octanol–water partition coefficient (Wildman–Crippen LogP) is 4.09. The second kappa shape index (κ2) is 9.81. The van der Waals surface area contributed by atoms with E-state index < -0.39 is 0 Å². The number of fused-ring (bicyclic) bond motifs is 2. The van der Waals surface area contributed by atoms with E-state index in [9.17, 15) is 4.79 Å². The van der Waals surface area contributed by atoms with Gasteiger partial charge in [-0.2, -0.15) is 0 Å². The zero-order chi connectivity index (χ0) is 25.3. The molecule has 2 aliphatic carbocycles. The van der Waals surface area contributed by atoms with Crippen LogP contribution in [0.25, 0.3) is 0 Å². The van der Waals surface area contributed by atoms with E-state index >= 15 is 0 Å². The number of methoxy groups -OCH3 is 4. The second-order valence-electron chi connectivity index (χ2n) is 9.18. The van der Waals surface area contributed by atoms with E-state index in [4.69, 9.17) is 28.4 Å². The van der Waals surface area contributed by atoms with Crippen molar-refractivity contribution in [2.75, 3.05) is 35.0 Å². The summed E-state index contributed by atoms with van der Waals surface area (Å²) in [4.78, 5) is 12.7. The molecule has 1 N–H and O–H groups in total. The van der Waals surface area contributed by atoms with Crippen molar-refractivity contribution >= 4 is 5.97 Å². The van der Waals surface area contributed by atoms with Gasteiger partial charge in [0.25, 0.3) is 0 Å². The number of rotatable bonds is 9. The number of epoxide rings is 1. The number of nitrogens with zero attached hydrogens (tertiary/aromatic N) is 1. The van der Waals surface area contributed by atoms with E-state index in [0.717, 1.165) is 29.1 Å². The zero-order valence-corrected chi connectivity index (χ0v) is 21.0. The van der Waals surface area contributed by atoms with Crippen LogP contribution in [0.2, 0.25) is 0 Å². The Morgan fingerprint density at radius 3 is 2.56 bits per heavy atom. The molecule has 1 aromatic heterocycles. The molecule has 2 aromatic rings. The number of carbonyl (C=O) groups excluding carboxylic acids is 1. The Bertz CT molecular complexity index is 1200. The Morgan fingerprint density at radius 2 is 1.92 bits per heavy atom. The molecule has 1 aliphatic heterocycles. The average Bonchev–Trinajstić information content (AvgIpc) is 3.65. The Morgan fingerprint density at radius 1 is 1.14 bits per heavy atom. The van der Waals surface area contributed by atoms with E-state index in [-0.39, 0.29) is 23.6 Å². The van der Waals surface area contributed by atoms with Gasteiger partial charge in [-0.05, 0) is 36.6 Å². The first-order valence-electron chi connectivity index (χ1n) is 12.0. The van der Waals surface area contributed by atoms with Gasteiger partial charge in [-0.1, -0.05) is 18.2 Å². The maximum atomic E-state index is 12.7. The minimum Gasteiger partial charge on any atom is -0.497 e. The van der Waals surface area contributed by atoms with Crippen LogP contribution in [0.4, 0.5) is 0 Å². The normalized spacial score (nSPS) is 24.9. The Labute approximate surface area is 210 Å². The highest BCUT2D eigenvalue weighted by atomic mass is 16.6. The number of ether oxygens (including phenoxy) is 6. The second-order valence-corrected chi connectivity index (χ2v) is 9.18. The predicted molar refractivity (Wildman–Crippen MR) is 130 cm³/mol. The molecule has 1 saturated heterocycles. The van der Waals surface area contributed by atoms with Gasteiger partial charge in [0.15, 0.2) is 11.5 Å². The van der Waals surface area contributed by atoms with E-state index in [0.29, 0.717) is 43.3 Å². The summed E-state index contributed by atoms with van der Waals surface area (Å²) >= 11 is 0. The summed E-state index contributed by atoms with van der Waals surface area (Å²) in [5, 5.41) is 3.39. The fourth-order valence-electron chi connectivity index (χ4n) is 5.04. The zero-order valence-electron chi connectivity index (χ0n) is 21.0. The molecule has 9 nitrogen and oxygen atoms in total. The monoisotopic (exact) mass is 496 g/mol. The topological polar surface area (TPSA) is 96.5 Å². The van der Waals surface area contributed by atoms with Gasteiger partial charge in [0.05, 0.1) is 53.0 Å². The molecule has 1 unspecified atom stereocenters. The van der Waals surface area contributed by atoms with Crippen molar-refractivity contribution in [2.45, 2.75) is 37.5 Å². The highest BCUT2D eigenvalue weighted by Gasteiger charge is 2.55. The summed E-state index contributed by atoms with van der Waals surface area (Å²) in [6.07, 6.45) is 6.96. The Kier molecular flexibility index (Phi) is 6.57. The quantitative estimate of drug-likeness (QED) is 0.317. The standard InChI is InChI=1S/C27H32N2O7/c1-31-19-8-5-17(6-9-19)15-29-26-24(28-29)20(11-12-27(26)16-35-27)36-23(30)10-7-18-13-21(32-2)25(34-4)22(14-18)33-3/h5-10,13,18,20,28H,11-12,14-16H2,1-4H3/b10-7+/t18?,20-,27-/m1/s1. The maximum absolute atomic E-state index is 12.7. The summed E-state index contributed by atoms with van der Waals surface area (Å²) in [6, 6.07) is 7.98. The van der Waals surface area contributed by atoms with Gasteiger partial charge in [0.2, 0.25) is 0 Å². The van der Waals surface area contributed by atoms with Gasteiger partial charge in [-0.15, -0.1) is 0 Å². The number of aromatic nitrogens is 2. The van der Waals surface area contributed by atoms with Crippen LogP contribution in [0.5, 0.6) is 5.75 Å². The number of H-pyrrole nitrogens is 1. The van der Waals surface area contributed by atoms with Crippen molar-refractivity contribution in [3.05, 3.63) is 76.7 Å². The minimum atomic E-state index is -0.386. The number of allylic oxidation sites excluding steroid dienone is 3. The lowest BCUT2D eigenvalue weighted by molar-refractivity contribution is -0.145. The van der Waals surface area contributed by atoms with Gasteiger partial charge in [0, 0.05) is 18.4 Å². The average molecular weight is 497 g/mol. The smallest absolute Gasteiger partial charge is 0.331 e. The van der Waals surface area contributed by atoms with Crippen LogP contribution in [0.15, 0.2) is 59.8 Å². The molecular weight excluding hydrogens is 464 g/mol. The molecule has 0 amide bonds. The van der Waals surface area contributed by atoms with Gasteiger partial charge < -0.3 is 28.4 Å². The molecule has 1 spiro atoms. The molecule has 3 atom stereocenters. The lowest BCUT2D eigenvalue weighted by Crippen LogP contribution is -2.36. The molecule has 1 aromatic carbocycles. The third-order valence-corrected chi connectivity index (χ3v) is 7.01. The summed E-state index contributed by atoms with van der Waals surface area (Å²) in [5.41, 5.74) is 2.91. The fraction of sp³-hybridized carbons (Fsp3) is 0.444. The third kappa shape index (κ3) is 4.51. The van der Waals surface area contributed by atoms with Crippen LogP contribution in [0, 0.1) is 5.92 Å². The molecule has 192 valence electrons. The van der Waals surface area contributed by atoms with Gasteiger partial charge in [0.1, 0.15) is 23.2 Å². The molecular formula is C27H32N2O7. The summed E-state index contributed by atoms with van der Waals surface area (Å²) in [6.45, 7) is 1.38. The molecule has 0 saturated carbocycles. The lowest BCUT2D eigenvalue weighted by atomic mass is 9.86. The molecule has 0 radical (unpaired) electrons. The van der Waals surface area contributed by atoms with E-state index in [2.05, 4.69) is 9.78 Å². The van der Waals surface area contributed by atoms with Crippen LogP contribution < -0.4 is 4.74 Å². The first-order chi connectivity index (χ1) is 17.5. The van der Waals surface area contributed by atoms with Gasteiger partial charge in [-0.3, -0.25) is 9.78 Å². The summed E-state index contributed by atoms with van der Waals surface area (Å²) < 4.78 is 35.3. The van der Waals surface area contributed by atoms with Crippen molar-refractivity contribution in [3.8, 4) is 5.75 Å². The molecule has 36 heavy (non-hydrogen) atoms. The van der Waals surface area contributed by atoms with Crippen LogP contribution in [0.1, 0.15) is 42.3 Å². The largest absolute Gasteiger partial charge is 0.497 e. The number of nitrogens with one attached hydrogen (secondary N) is 1. The number of aromatic amines is 1. The number of benzene rings is 1. The van der Waals surface area contributed by atoms with Crippen LogP contribution in [-0.4, -0.2) is 50.8 Å². The van der Waals surface area contributed by atoms with E-state index in [1.165, 1.54) is 6.08 Å². The number of esters is 1. The van der Waals surface area contributed by atoms with Crippen molar-refractivity contribution in [2.24, 2.45) is 5.92 Å². The van der Waals surface area contributed by atoms with Crippen molar-refractivity contribution in [3.63, 3.8) is 0 Å². The number of carbonyl (C=O) groups is 1. The van der Waals surface area contributed by atoms with Crippen LogP contribution >= 0.6 is 0 Å². The minimum absolute atomic E-state index is 0.0765. The van der Waals surface area contributed by atoms with Gasteiger partial charge >= 0.3 is 5.97 Å². The number of hydrogen-bond donors (Lipinski definition) is 1. The van der Waals surface area contributed by atoms with Crippen molar-refractivity contribution in [1.82, 2.24) is 9.78 Å². The summed E-state index contributed by atoms with van der Waals surface area (Å²) in [7, 11) is 6.40. The summed E-state index contributed by atoms with van der Waals surface area (Å²) in [5.74, 6) is 2.18. The molecule has 2 heterocycles. The van der Waals surface area contributed by atoms with Crippen LogP contribution in [0.3, 0.4) is 0 Å². The third-order valence-electron chi connectivity index (χ3n) is 7.01. The molecule has 1 fully saturated rings. The maximum Gasteiger partial charge on any atom is 0.331 e. The SMILES string of the molecule is COC1=CC(/C=C/C(=O)O[C@@H]2CC[C@@]3(CO3)c3c2[nH]n3Cc2ccc(OC)cc2)CC(OC)=C1OC. The molecule has 9 heteroatoms. The van der Waals surface area contributed by atoms with E-state index in [1.54, 1.807) is 34.5 Å². The van der Waals surface area contributed by atoms with Gasteiger partial charge in [-0.25, -0.2) is 4.79 Å². The first-order valence-corrected chi connectivity index (χ1v) is 12.0. The lowest BCUT2D eigenvalue weighted by Gasteiger charge is -2.35. The Balaban J connectivity index is 1.25. The first kappa shape index (κ1) is 24.1. The fourth-order valence-corrected chi connectivity index (χ4v) is 5.04. The number of hydrogen-bond acceptors (Lipinski definition) is 7. The van der Waals surface area contributed by atoms with Crippen molar-refractivity contribution < 1.29 is 33.2 Å². The molecule has 3 aliphatic rings. The molecule has 0 bridgehead atoms. The van der Waals surface area contributed by atoms with E-state index in [1.807, 2.05) is 30.3 Å². The Hall–Kier alpha value is -3.59. The van der Waals surface area contributed by atoms with Crippen LogP contribution in [-0.2, 0) is 40.6 Å².